The van der Waals surface area contributed by atoms with E-state index in [0.29, 0.717) is 18.6 Å². The lowest BCUT2D eigenvalue weighted by atomic mass is 9.79. The molecule has 3 rings (SSSR count). The molecule has 3 aliphatic heterocycles. The van der Waals surface area contributed by atoms with Gasteiger partial charge in [-0.25, -0.2) is 0 Å². The third-order valence-corrected chi connectivity index (χ3v) is 4.11. The fraction of sp³-hybridized carbons (Fsp3) is 0.833. The molecule has 88 valence electrons. The van der Waals surface area contributed by atoms with Crippen LogP contribution >= 0.6 is 0 Å². The number of amides is 1. The number of piperidine rings is 1. The fourth-order valence-electron chi connectivity index (χ4n) is 3.45. The summed E-state index contributed by atoms with van der Waals surface area (Å²) in [6.07, 6.45) is 2.89. The van der Waals surface area contributed by atoms with Gasteiger partial charge in [0.05, 0.1) is 18.1 Å². The number of Topliss-reactive ketones (excluding diaryl/α,β-unsaturated/α-hetero) is 1. The molecule has 0 radical (unpaired) electrons. The van der Waals surface area contributed by atoms with Crippen molar-refractivity contribution in [2.75, 3.05) is 6.54 Å². The van der Waals surface area contributed by atoms with Crippen LogP contribution in [0.3, 0.4) is 0 Å². The molecule has 1 amide bonds. The summed E-state index contributed by atoms with van der Waals surface area (Å²) in [5, 5.41) is 0. The Hall–Kier alpha value is -0.900. The summed E-state index contributed by atoms with van der Waals surface area (Å²) in [5.41, 5.74) is 0. The molecule has 0 aromatic rings. The highest BCUT2D eigenvalue weighted by Gasteiger charge is 2.49. The average molecular weight is 223 g/mol. The third-order valence-electron chi connectivity index (χ3n) is 4.11. The molecular formula is C12H17NO3. The molecule has 4 heteroatoms. The Labute approximate surface area is 94.9 Å². The zero-order valence-corrected chi connectivity index (χ0v) is 9.52. The molecule has 3 heterocycles. The van der Waals surface area contributed by atoms with Crippen molar-refractivity contribution in [3.05, 3.63) is 0 Å². The van der Waals surface area contributed by atoms with Gasteiger partial charge in [-0.2, -0.15) is 0 Å². The number of nitrogens with zero attached hydrogens (tertiary/aromatic N) is 1. The van der Waals surface area contributed by atoms with Crippen LogP contribution in [0.4, 0.5) is 0 Å². The standard InChI is InChI=1S/C12H17NO3/c1-7-6-9(14)12-8-2-3-11(15)13(8)5-4-10(12)16-7/h7-8,10,12H,2-6H2,1H3/t7-,8-,10+,12+/m1/s1. The molecular weight excluding hydrogens is 206 g/mol. The number of ketones is 1. The molecule has 4 atom stereocenters. The van der Waals surface area contributed by atoms with E-state index >= 15 is 0 Å². The molecule has 16 heavy (non-hydrogen) atoms. The van der Waals surface area contributed by atoms with Crippen LogP contribution in [0.2, 0.25) is 0 Å². The van der Waals surface area contributed by atoms with Crippen molar-refractivity contribution in [1.29, 1.82) is 0 Å². The number of ether oxygens (including phenoxy) is 1. The van der Waals surface area contributed by atoms with Gasteiger partial charge in [-0.1, -0.05) is 0 Å². The Morgan fingerprint density at radius 2 is 2.12 bits per heavy atom. The lowest BCUT2D eigenvalue weighted by Crippen LogP contribution is -2.56. The second-order valence-electron chi connectivity index (χ2n) is 5.16. The van der Waals surface area contributed by atoms with E-state index in [2.05, 4.69) is 0 Å². The zero-order chi connectivity index (χ0) is 11.3. The Balaban J connectivity index is 1.86. The monoisotopic (exact) mass is 223 g/mol. The Kier molecular flexibility index (Phi) is 2.28. The van der Waals surface area contributed by atoms with Gasteiger partial charge < -0.3 is 9.64 Å². The van der Waals surface area contributed by atoms with Crippen molar-refractivity contribution in [2.24, 2.45) is 5.92 Å². The fourth-order valence-corrected chi connectivity index (χ4v) is 3.45. The van der Waals surface area contributed by atoms with Crippen molar-refractivity contribution in [3.63, 3.8) is 0 Å². The highest BCUT2D eigenvalue weighted by molar-refractivity contribution is 5.86. The first-order chi connectivity index (χ1) is 7.66. The highest BCUT2D eigenvalue weighted by Crippen LogP contribution is 2.38. The van der Waals surface area contributed by atoms with Crippen molar-refractivity contribution in [3.8, 4) is 0 Å². The lowest BCUT2D eigenvalue weighted by Gasteiger charge is -2.44. The second kappa shape index (κ2) is 3.55. The van der Waals surface area contributed by atoms with Gasteiger partial charge in [0, 0.05) is 25.4 Å². The summed E-state index contributed by atoms with van der Waals surface area (Å²) in [7, 11) is 0. The smallest absolute Gasteiger partial charge is 0.222 e. The zero-order valence-electron chi connectivity index (χ0n) is 9.52. The van der Waals surface area contributed by atoms with E-state index in [4.69, 9.17) is 4.74 Å². The van der Waals surface area contributed by atoms with Crippen LogP contribution in [0.15, 0.2) is 0 Å². The van der Waals surface area contributed by atoms with E-state index in [1.54, 1.807) is 0 Å². The first-order valence-electron chi connectivity index (χ1n) is 6.14. The van der Waals surface area contributed by atoms with E-state index in [0.717, 1.165) is 19.4 Å². The molecule has 3 aliphatic rings. The van der Waals surface area contributed by atoms with Crippen molar-refractivity contribution in [1.82, 2.24) is 4.90 Å². The highest BCUT2D eigenvalue weighted by atomic mass is 16.5. The van der Waals surface area contributed by atoms with Crippen LogP contribution in [0.1, 0.15) is 32.6 Å². The van der Waals surface area contributed by atoms with Crippen molar-refractivity contribution >= 4 is 11.7 Å². The van der Waals surface area contributed by atoms with E-state index in [9.17, 15) is 9.59 Å². The maximum atomic E-state index is 12.1. The number of fused-ring (bicyclic) bond motifs is 3. The van der Waals surface area contributed by atoms with Crippen LogP contribution in [0, 0.1) is 5.92 Å². The van der Waals surface area contributed by atoms with Gasteiger partial charge in [-0.15, -0.1) is 0 Å². The summed E-state index contributed by atoms with van der Waals surface area (Å²) in [6, 6.07) is 0.131. The number of carbonyl (C=O) groups is 2. The second-order valence-corrected chi connectivity index (χ2v) is 5.16. The minimum atomic E-state index is -0.0450. The molecule has 0 aromatic heterocycles. The molecule has 0 bridgehead atoms. The molecule has 0 aliphatic carbocycles. The van der Waals surface area contributed by atoms with Crippen LogP contribution < -0.4 is 0 Å². The topological polar surface area (TPSA) is 46.6 Å². The van der Waals surface area contributed by atoms with Gasteiger partial charge in [-0.05, 0) is 19.8 Å². The Morgan fingerprint density at radius 1 is 1.31 bits per heavy atom. The molecule has 3 fully saturated rings. The van der Waals surface area contributed by atoms with E-state index in [-0.39, 0.29) is 30.1 Å². The van der Waals surface area contributed by atoms with Crippen molar-refractivity contribution in [2.45, 2.75) is 50.9 Å². The first-order valence-corrected chi connectivity index (χ1v) is 6.14. The SMILES string of the molecule is C[C@@H]1CC(=O)[C@H]2[C@H](CCN3C(=O)CC[C@H]23)O1. The normalized spacial score (nSPS) is 43.2. The quantitative estimate of drug-likeness (QED) is 0.608. The summed E-state index contributed by atoms with van der Waals surface area (Å²) in [4.78, 5) is 25.6. The van der Waals surface area contributed by atoms with E-state index in [1.165, 1.54) is 0 Å². The number of carbonyl (C=O) groups excluding carboxylic acids is 2. The number of hydrogen-bond acceptors (Lipinski definition) is 3. The van der Waals surface area contributed by atoms with Gasteiger partial charge in [-0.3, -0.25) is 9.59 Å². The molecule has 0 spiro atoms. The first kappa shape index (κ1) is 10.3. The predicted octanol–water partition coefficient (Wildman–Crippen LogP) is 0.744. The largest absolute Gasteiger partial charge is 0.374 e. The van der Waals surface area contributed by atoms with Gasteiger partial charge in [0.25, 0.3) is 0 Å². The molecule has 0 N–H and O–H groups in total. The summed E-state index contributed by atoms with van der Waals surface area (Å²) < 4.78 is 5.85. The minimum absolute atomic E-state index is 0.0450. The number of hydrogen-bond donors (Lipinski definition) is 0. The molecule has 3 saturated heterocycles. The third kappa shape index (κ3) is 1.39. The maximum absolute atomic E-state index is 12.1. The molecule has 0 saturated carbocycles. The van der Waals surface area contributed by atoms with Crippen LogP contribution in [-0.2, 0) is 14.3 Å². The molecule has 0 aromatic carbocycles. The van der Waals surface area contributed by atoms with Gasteiger partial charge in [0.2, 0.25) is 5.91 Å². The summed E-state index contributed by atoms with van der Waals surface area (Å²) in [5.74, 6) is 0.472. The van der Waals surface area contributed by atoms with Gasteiger partial charge >= 0.3 is 0 Å². The van der Waals surface area contributed by atoms with Gasteiger partial charge in [0.15, 0.2) is 0 Å². The minimum Gasteiger partial charge on any atom is -0.374 e. The average Bonchev–Trinajstić information content (AvgIpc) is 2.59. The van der Waals surface area contributed by atoms with Crippen LogP contribution in [0.25, 0.3) is 0 Å². The van der Waals surface area contributed by atoms with Crippen LogP contribution in [0.5, 0.6) is 0 Å². The van der Waals surface area contributed by atoms with E-state index in [1.807, 2.05) is 11.8 Å². The summed E-state index contributed by atoms with van der Waals surface area (Å²) >= 11 is 0. The molecule has 4 nitrogen and oxygen atoms in total. The maximum Gasteiger partial charge on any atom is 0.222 e. The summed E-state index contributed by atoms with van der Waals surface area (Å²) in [6.45, 7) is 2.73. The van der Waals surface area contributed by atoms with Crippen molar-refractivity contribution < 1.29 is 14.3 Å². The Morgan fingerprint density at radius 3 is 2.94 bits per heavy atom. The van der Waals surface area contributed by atoms with Crippen LogP contribution in [-0.4, -0.2) is 41.4 Å². The predicted molar refractivity (Wildman–Crippen MR) is 56.8 cm³/mol. The van der Waals surface area contributed by atoms with Gasteiger partial charge in [0.1, 0.15) is 5.78 Å². The molecule has 0 unspecified atom stereocenters. The number of rotatable bonds is 0. The Bertz CT molecular complexity index is 341. The lowest BCUT2D eigenvalue weighted by molar-refractivity contribution is -0.159. The van der Waals surface area contributed by atoms with E-state index < -0.39 is 0 Å².